The molecule has 0 aromatic heterocycles. The van der Waals surface area contributed by atoms with Gasteiger partial charge in [0, 0.05) is 24.3 Å². The Hall–Kier alpha value is -4.15. The van der Waals surface area contributed by atoms with E-state index in [1.165, 1.54) is 25.7 Å². The van der Waals surface area contributed by atoms with E-state index in [1.807, 2.05) is 12.1 Å². The van der Waals surface area contributed by atoms with Gasteiger partial charge in [-0.05, 0) is 66.3 Å². The van der Waals surface area contributed by atoms with Crippen LogP contribution in [0.25, 0.3) is 11.1 Å². The van der Waals surface area contributed by atoms with E-state index in [4.69, 9.17) is 4.74 Å². The summed E-state index contributed by atoms with van der Waals surface area (Å²) in [5, 5.41) is 0. The molecule has 11 heteroatoms. The van der Waals surface area contributed by atoms with Crippen molar-refractivity contribution in [1.29, 1.82) is 0 Å². The predicted octanol–water partition coefficient (Wildman–Crippen LogP) is 11.9. The highest BCUT2D eigenvalue weighted by atomic mass is 19.3. The van der Waals surface area contributed by atoms with Crippen LogP contribution in [0.5, 0.6) is 11.5 Å². The zero-order chi connectivity index (χ0) is 34.6. The Morgan fingerprint density at radius 3 is 1.77 bits per heavy atom. The van der Waals surface area contributed by atoms with Gasteiger partial charge in [-0.3, -0.25) is 0 Å². The molecule has 0 heterocycles. The molecule has 0 aliphatic heterocycles. The molecule has 1 aliphatic carbocycles. The van der Waals surface area contributed by atoms with Crippen LogP contribution in [0.3, 0.4) is 0 Å². The number of hydrogen-bond donors (Lipinski definition) is 0. The highest BCUT2D eigenvalue weighted by Gasteiger charge is 2.41. The van der Waals surface area contributed by atoms with Crippen LogP contribution < -0.4 is 9.47 Å². The first kappa shape index (κ1) is 35.2. The Bertz CT molecular complexity index is 1660. The first-order chi connectivity index (χ1) is 22.9. The van der Waals surface area contributed by atoms with E-state index in [1.54, 1.807) is 12.1 Å². The van der Waals surface area contributed by atoms with E-state index in [2.05, 4.69) is 11.7 Å². The molecule has 0 atom stereocenters. The second kappa shape index (κ2) is 15.0. The number of benzene rings is 4. The molecular formula is C37H33F9O2. The minimum Gasteiger partial charge on any atom is -0.488 e. The zero-order valence-electron chi connectivity index (χ0n) is 26.0. The van der Waals surface area contributed by atoms with Crippen molar-refractivity contribution >= 4 is 0 Å². The van der Waals surface area contributed by atoms with Crippen molar-refractivity contribution in [3.8, 4) is 22.6 Å². The highest BCUT2D eigenvalue weighted by Crippen LogP contribution is 2.40. The van der Waals surface area contributed by atoms with E-state index in [0.29, 0.717) is 35.7 Å². The lowest BCUT2D eigenvalue weighted by atomic mass is 9.77. The molecule has 0 radical (unpaired) electrons. The number of alkyl halides is 2. The molecule has 2 nitrogen and oxygen atoms in total. The van der Waals surface area contributed by atoms with E-state index in [-0.39, 0.29) is 5.56 Å². The third-order valence-corrected chi connectivity index (χ3v) is 8.81. The average Bonchev–Trinajstić information content (AvgIpc) is 3.03. The van der Waals surface area contributed by atoms with Crippen LogP contribution >= 0.6 is 0 Å². The SMILES string of the molecule is CCCCCC1CCC(c2ccc(-c3cc(F)c(C(F)(F)Oc4cc(F)c(COc5cc(F)c(F)c(F)c5)c(F)c4)c(F)c3)cc2)CC1. The minimum absolute atomic E-state index is 0.0121. The molecule has 0 N–H and O–H groups in total. The van der Waals surface area contributed by atoms with Crippen molar-refractivity contribution in [3.05, 3.63) is 118 Å². The smallest absolute Gasteiger partial charge is 0.432 e. The average molecular weight is 681 g/mol. The summed E-state index contributed by atoms with van der Waals surface area (Å²) >= 11 is 0. The quantitative estimate of drug-likeness (QED) is 0.0842. The van der Waals surface area contributed by atoms with Gasteiger partial charge in [0.1, 0.15) is 46.9 Å². The molecule has 0 unspecified atom stereocenters. The Labute approximate surface area is 272 Å². The lowest BCUT2D eigenvalue weighted by molar-refractivity contribution is -0.189. The maximum atomic E-state index is 15.0. The fourth-order valence-corrected chi connectivity index (χ4v) is 6.18. The van der Waals surface area contributed by atoms with Crippen LogP contribution in [0.15, 0.2) is 60.7 Å². The molecule has 0 bridgehead atoms. The Balaban J connectivity index is 1.25. The molecule has 0 amide bonds. The lowest BCUT2D eigenvalue weighted by Crippen LogP contribution is -2.25. The van der Waals surface area contributed by atoms with Crippen LogP contribution in [0.4, 0.5) is 39.5 Å². The second-order valence-electron chi connectivity index (χ2n) is 12.1. The van der Waals surface area contributed by atoms with Gasteiger partial charge in [0.15, 0.2) is 17.5 Å². The third kappa shape index (κ3) is 8.10. The summed E-state index contributed by atoms with van der Waals surface area (Å²) in [7, 11) is 0. The van der Waals surface area contributed by atoms with Crippen molar-refractivity contribution in [1.82, 2.24) is 0 Å². The van der Waals surface area contributed by atoms with Gasteiger partial charge in [-0.15, -0.1) is 0 Å². The normalized spacial score (nSPS) is 16.6. The van der Waals surface area contributed by atoms with Gasteiger partial charge in [-0.1, -0.05) is 56.9 Å². The van der Waals surface area contributed by atoms with Gasteiger partial charge in [-0.2, -0.15) is 8.78 Å². The number of halogens is 9. The predicted molar refractivity (Wildman–Crippen MR) is 162 cm³/mol. The van der Waals surface area contributed by atoms with Crippen molar-refractivity contribution < 1.29 is 49.0 Å². The van der Waals surface area contributed by atoms with Gasteiger partial charge in [-0.25, -0.2) is 30.7 Å². The number of unbranched alkanes of at least 4 members (excludes halogenated alkanes) is 2. The fraction of sp³-hybridized carbons (Fsp3) is 0.351. The summed E-state index contributed by atoms with van der Waals surface area (Å²) in [4.78, 5) is 0. The van der Waals surface area contributed by atoms with E-state index in [9.17, 15) is 22.0 Å². The second-order valence-corrected chi connectivity index (χ2v) is 12.1. The third-order valence-electron chi connectivity index (χ3n) is 8.81. The summed E-state index contributed by atoms with van der Waals surface area (Å²) in [5.74, 6) is -11.8. The first-order valence-corrected chi connectivity index (χ1v) is 15.8. The standard InChI is InChI=1S/C37H33F9O2/c1-2-3-4-5-21-6-8-22(9-7-21)23-10-12-24(13-11-23)25-14-31(40)35(32(41)15-25)37(45,46)48-27-18-29(38)28(30(39)19-27)20-47-26-16-33(42)36(44)34(43)17-26/h10-19,21-22H,2-9,20H2,1H3. The van der Waals surface area contributed by atoms with E-state index < -0.39 is 76.1 Å². The first-order valence-electron chi connectivity index (χ1n) is 15.8. The zero-order valence-corrected chi connectivity index (χ0v) is 26.0. The molecule has 1 saturated carbocycles. The topological polar surface area (TPSA) is 18.5 Å². The summed E-state index contributed by atoms with van der Waals surface area (Å²) < 4.78 is 139. The van der Waals surface area contributed by atoms with Gasteiger partial charge in [0.2, 0.25) is 0 Å². The van der Waals surface area contributed by atoms with Gasteiger partial charge in [0.05, 0.1) is 5.56 Å². The molecule has 4 aromatic carbocycles. The molecule has 4 aromatic rings. The van der Waals surface area contributed by atoms with Gasteiger partial charge < -0.3 is 9.47 Å². The number of rotatable bonds is 12. The van der Waals surface area contributed by atoms with Crippen molar-refractivity contribution in [2.45, 2.75) is 76.9 Å². The summed E-state index contributed by atoms with van der Waals surface area (Å²) in [6, 6.07) is 10.1. The van der Waals surface area contributed by atoms with Crippen LogP contribution in [0.1, 0.15) is 80.9 Å². The summed E-state index contributed by atoms with van der Waals surface area (Å²) in [5.41, 5.74) is -1.07. The summed E-state index contributed by atoms with van der Waals surface area (Å²) in [6.07, 6.45) is 4.69. The van der Waals surface area contributed by atoms with Crippen molar-refractivity contribution in [3.63, 3.8) is 0 Å². The Morgan fingerprint density at radius 1 is 0.646 bits per heavy atom. The Morgan fingerprint density at radius 2 is 1.21 bits per heavy atom. The maximum Gasteiger partial charge on any atom is 0.432 e. The highest BCUT2D eigenvalue weighted by molar-refractivity contribution is 5.64. The van der Waals surface area contributed by atoms with Gasteiger partial charge in [0.25, 0.3) is 0 Å². The molecule has 0 spiro atoms. The fourth-order valence-electron chi connectivity index (χ4n) is 6.18. The van der Waals surface area contributed by atoms with Crippen LogP contribution in [-0.2, 0) is 12.7 Å². The summed E-state index contributed by atoms with van der Waals surface area (Å²) in [6.45, 7) is 1.22. The largest absolute Gasteiger partial charge is 0.488 e. The van der Waals surface area contributed by atoms with Crippen LogP contribution in [-0.4, -0.2) is 0 Å². The van der Waals surface area contributed by atoms with Crippen molar-refractivity contribution in [2.24, 2.45) is 5.92 Å². The minimum atomic E-state index is -4.69. The van der Waals surface area contributed by atoms with Gasteiger partial charge >= 0.3 is 6.11 Å². The monoisotopic (exact) mass is 680 g/mol. The molecule has 48 heavy (non-hydrogen) atoms. The van der Waals surface area contributed by atoms with E-state index >= 15 is 17.6 Å². The Kier molecular flexibility index (Phi) is 11.0. The van der Waals surface area contributed by atoms with Crippen LogP contribution in [0.2, 0.25) is 0 Å². The van der Waals surface area contributed by atoms with Crippen LogP contribution in [0, 0.1) is 46.6 Å². The molecule has 1 aliphatic rings. The molecule has 0 saturated heterocycles. The molecule has 5 rings (SSSR count). The molecule has 256 valence electrons. The maximum absolute atomic E-state index is 15.0. The van der Waals surface area contributed by atoms with Crippen molar-refractivity contribution in [2.75, 3.05) is 0 Å². The number of hydrogen-bond acceptors (Lipinski definition) is 2. The molecular weight excluding hydrogens is 647 g/mol. The number of ether oxygens (including phenoxy) is 2. The van der Waals surface area contributed by atoms with E-state index in [0.717, 1.165) is 49.3 Å². The molecule has 1 fully saturated rings. The lowest BCUT2D eigenvalue weighted by Gasteiger charge is -2.29.